The summed E-state index contributed by atoms with van der Waals surface area (Å²) in [7, 11) is -1.93. The van der Waals surface area contributed by atoms with Crippen LogP contribution in [0.3, 0.4) is 0 Å². The highest BCUT2D eigenvalue weighted by atomic mass is 32.2. The van der Waals surface area contributed by atoms with E-state index in [-0.39, 0.29) is 4.90 Å². The number of carbonyl (C=O) groups excluding carboxylic acids is 1. The SMILES string of the molecule is COC(=O)C(C)(C)[C@H](N)c1ccc(S(C)(=O)=O)cc1. The lowest BCUT2D eigenvalue weighted by atomic mass is 9.81. The van der Waals surface area contributed by atoms with Gasteiger partial charge in [0.25, 0.3) is 0 Å². The molecule has 0 amide bonds. The second-order valence-electron chi connectivity index (χ2n) is 5.03. The van der Waals surface area contributed by atoms with Crippen LogP contribution in [0.4, 0.5) is 0 Å². The molecule has 2 N–H and O–H groups in total. The van der Waals surface area contributed by atoms with Gasteiger partial charge in [0.15, 0.2) is 9.84 Å². The first-order valence-corrected chi connectivity index (χ1v) is 7.64. The Kier molecular flexibility index (Phi) is 4.37. The predicted octanol–water partition coefficient (Wildman–Crippen LogP) is 1.29. The van der Waals surface area contributed by atoms with Crippen LogP contribution >= 0.6 is 0 Å². The average Bonchev–Trinajstić information content (AvgIpc) is 2.35. The summed E-state index contributed by atoms with van der Waals surface area (Å²) >= 11 is 0. The Morgan fingerprint density at radius 3 is 2.11 bits per heavy atom. The third-order valence-electron chi connectivity index (χ3n) is 3.16. The first kappa shape index (κ1) is 15.7. The maximum Gasteiger partial charge on any atom is 0.313 e. The van der Waals surface area contributed by atoms with Crippen molar-refractivity contribution in [2.24, 2.45) is 11.1 Å². The molecule has 0 fully saturated rings. The maximum atomic E-state index is 11.7. The van der Waals surface area contributed by atoms with E-state index in [1.54, 1.807) is 26.0 Å². The van der Waals surface area contributed by atoms with E-state index in [0.717, 1.165) is 6.26 Å². The summed E-state index contributed by atoms with van der Waals surface area (Å²) in [5.41, 5.74) is 5.85. The van der Waals surface area contributed by atoms with E-state index in [4.69, 9.17) is 10.5 Å². The number of nitrogens with two attached hydrogens (primary N) is 1. The highest BCUT2D eigenvalue weighted by Crippen LogP contribution is 2.32. The van der Waals surface area contributed by atoms with Crippen molar-refractivity contribution in [2.75, 3.05) is 13.4 Å². The lowest BCUT2D eigenvalue weighted by molar-refractivity contribution is -0.152. The Labute approximate surface area is 113 Å². The van der Waals surface area contributed by atoms with E-state index in [1.807, 2.05) is 0 Å². The van der Waals surface area contributed by atoms with Gasteiger partial charge >= 0.3 is 5.97 Å². The van der Waals surface area contributed by atoms with Gasteiger partial charge in [-0.25, -0.2) is 8.42 Å². The number of sulfone groups is 1. The zero-order valence-corrected chi connectivity index (χ0v) is 12.3. The number of methoxy groups -OCH3 is 1. The van der Waals surface area contributed by atoms with Crippen molar-refractivity contribution in [1.29, 1.82) is 0 Å². The fourth-order valence-electron chi connectivity index (χ4n) is 1.73. The molecule has 0 saturated carbocycles. The number of carbonyl (C=O) groups is 1. The minimum Gasteiger partial charge on any atom is -0.469 e. The second-order valence-corrected chi connectivity index (χ2v) is 7.05. The number of hydrogen-bond acceptors (Lipinski definition) is 5. The Bertz CT molecular complexity index is 561. The van der Waals surface area contributed by atoms with E-state index < -0.39 is 27.3 Å². The quantitative estimate of drug-likeness (QED) is 0.842. The van der Waals surface area contributed by atoms with Crippen LogP contribution < -0.4 is 5.73 Å². The summed E-state index contributed by atoms with van der Waals surface area (Å²) in [6, 6.07) is 5.63. The van der Waals surface area contributed by atoms with Gasteiger partial charge in [-0.3, -0.25) is 4.79 Å². The van der Waals surface area contributed by atoms with Gasteiger partial charge in [0.05, 0.1) is 17.4 Å². The van der Waals surface area contributed by atoms with Gasteiger partial charge in [0, 0.05) is 12.3 Å². The highest BCUT2D eigenvalue weighted by Gasteiger charge is 2.36. The Hall–Kier alpha value is -1.40. The van der Waals surface area contributed by atoms with Gasteiger partial charge in [-0.15, -0.1) is 0 Å². The maximum absolute atomic E-state index is 11.7. The summed E-state index contributed by atoms with van der Waals surface area (Å²) in [6.45, 7) is 3.38. The second kappa shape index (κ2) is 5.30. The van der Waals surface area contributed by atoms with Crippen molar-refractivity contribution < 1.29 is 17.9 Å². The molecule has 0 aliphatic rings. The van der Waals surface area contributed by atoms with Gasteiger partial charge in [-0.2, -0.15) is 0 Å². The molecule has 0 radical (unpaired) electrons. The molecule has 106 valence electrons. The van der Waals surface area contributed by atoms with Crippen LogP contribution in [0.25, 0.3) is 0 Å². The molecule has 0 aromatic heterocycles. The zero-order chi connectivity index (χ0) is 14.8. The van der Waals surface area contributed by atoms with Crippen LogP contribution in [-0.4, -0.2) is 27.8 Å². The molecule has 19 heavy (non-hydrogen) atoms. The first-order valence-electron chi connectivity index (χ1n) is 5.74. The molecule has 0 aliphatic carbocycles. The molecule has 0 bridgehead atoms. The number of hydrogen-bond donors (Lipinski definition) is 1. The molecule has 0 aliphatic heterocycles. The van der Waals surface area contributed by atoms with Crippen LogP contribution in [-0.2, 0) is 19.4 Å². The van der Waals surface area contributed by atoms with E-state index in [1.165, 1.54) is 19.2 Å². The van der Waals surface area contributed by atoms with E-state index in [0.29, 0.717) is 5.56 Å². The standard InChI is InChI=1S/C13H19NO4S/c1-13(2,12(15)18-3)11(14)9-5-7-10(8-6-9)19(4,16)17/h5-8,11H,14H2,1-4H3/t11-/m1/s1. The third kappa shape index (κ3) is 3.33. The minimum atomic E-state index is -3.23. The molecule has 0 heterocycles. The van der Waals surface area contributed by atoms with Crippen molar-refractivity contribution in [1.82, 2.24) is 0 Å². The van der Waals surface area contributed by atoms with E-state index in [2.05, 4.69) is 0 Å². The molecule has 0 unspecified atom stereocenters. The van der Waals surface area contributed by atoms with Gasteiger partial charge < -0.3 is 10.5 Å². The molecule has 1 aromatic rings. The van der Waals surface area contributed by atoms with Crippen LogP contribution in [0.5, 0.6) is 0 Å². The van der Waals surface area contributed by atoms with Crippen LogP contribution in [0, 0.1) is 5.41 Å². The summed E-state index contributed by atoms with van der Waals surface area (Å²) in [4.78, 5) is 11.9. The lowest BCUT2D eigenvalue weighted by Crippen LogP contribution is -2.37. The monoisotopic (exact) mass is 285 g/mol. The summed E-state index contributed by atoms with van der Waals surface area (Å²) in [5.74, 6) is -0.410. The Morgan fingerprint density at radius 1 is 1.26 bits per heavy atom. The Balaban J connectivity index is 3.08. The predicted molar refractivity (Wildman–Crippen MR) is 72.3 cm³/mol. The fourth-order valence-corrected chi connectivity index (χ4v) is 2.36. The first-order chi connectivity index (χ1) is 8.60. The molecular formula is C13H19NO4S. The fraction of sp³-hybridized carbons (Fsp3) is 0.462. The van der Waals surface area contributed by atoms with Crippen LogP contribution in [0.15, 0.2) is 29.2 Å². The summed E-state index contributed by atoms with van der Waals surface area (Å²) in [6.07, 6.45) is 1.14. The largest absolute Gasteiger partial charge is 0.469 e. The topological polar surface area (TPSA) is 86.5 Å². The zero-order valence-electron chi connectivity index (χ0n) is 11.5. The van der Waals surface area contributed by atoms with Crippen molar-refractivity contribution in [3.63, 3.8) is 0 Å². The molecule has 0 saturated heterocycles. The molecule has 5 nitrogen and oxygen atoms in total. The van der Waals surface area contributed by atoms with Crippen molar-refractivity contribution in [3.8, 4) is 0 Å². The van der Waals surface area contributed by atoms with Crippen molar-refractivity contribution in [2.45, 2.75) is 24.8 Å². The minimum absolute atomic E-state index is 0.222. The average molecular weight is 285 g/mol. The van der Waals surface area contributed by atoms with Crippen LogP contribution in [0.1, 0.15) is 25.5 Å². The molecular weight excluding hydrogens is 266 g/mol. The molecule has 6 heteroatoms. The van der Waals surface area contributed by atoms with Crippen molar-refractivity contribution >= 4 is 15.8 Å². The van der Waals surface area contributed by atoms with Crippen molar-refractivity contribution in [3.05, 3.63) is 29.8 Å². The van der Waals surface area contributed by atoms with Crippen LogP contribution in [0.2, 0.25) is 0 Å². The molecule has 1 aromatic carbocycles. The highest BCUT2D eigenvalue weighted by molar-refractivity contribution is 7.90. The third-order valence-corrected chi connectivity index (χ3v) is 4.28. The summed E-state index contributed by atoms with van der Waals surface area (Å²) < 4.78 is 27.4. The number of esters is 1. The smallest absolute Gasteiger partial charge is 0.313 e. The molecule has 0 spiro atoms. The number of benzene rings is 1. The van der Waals surface area contributed by atoms with Gasteiger partial charge in [-0.05, 0) is 31.5 Å². The van der Waals surface area contributed by atoms with Gasteiger partial charge in [-0.1, -0.05) is 12.1 Å². The van der Waals surface area contributed by atoms with E-state index >= 15 is 0 Å². The van der Waals surface area contributed by atoms with Gasteiger partial charge in [0.2, 0.25) is 0 Å². The summed E-state index contributed by atoms with van der Waals surface area (Å²) in [5, 5.41) is 0. The normalized spacial score (nSPS) is 13.9. The van der Waals surface area contributed by atoms with E-state index in [9.17, 15) is 13.2 Å². The lowest BCUT2D eigenvalue weighted by Gasteiger charge is -2.29. The Morgan fingerprint density at radius 2 is 1.74 bits per heavy atom. The number of rotatable bonds is 4. The van der Waals surface area contributed by atoms with Gasteiger partial charge in [0.1, 0.15) is 0 Å². The number of ether oxygens (including phenoxy) is 1. The molecule has 1 atom stereocenters. The molecule has 1 rings (SSSR count).